The predicted octanol–water partition coefficient (Wildman–Crippen LogP) is 6.06. The van der Waals surface area contributed by atoms with Gasteiger partial charge in [-0.15, -0.1) is 0 Å². The third kappa shape index (κ3) is 3.18. The first-order valence-corrected chi connectivity index (χ1v) is 9.10. The van der Waals surface area contributed by atoms with Gasteiger partial charge in [0.05, 0.1) is 22.7 Å². The van der Waals surface area contributed by atoms with E-state index >= 15 is 0 Å². The van der Waals surface area contributed by atoms with Gasteiger partial charge in [0.15, 0.2) is 0 Å². The number of rotatable bonds is 3. The Hall–Kier alpha value is -2.73. The molecule has 2 aromatic heterocycles. The van der Waals surface area contributed by atoms with Gasteiger partial charge in [-0.05, 0) is 30.2 Å². The number of alkyl halides is 3. The highest BCUT2D eigenvalue weighted by Crippen LogP contribution is 2.39. The van der Waals surface area contributed by atoms with Crippen molar-refractivity contribution in [2.45, 2.75) is 26.1 Å². The molecule has 2 aromatic carbocycles. The van der Waals surface area contributed by atoms with Crippen molar-refractivity contribution in [3.8, 4) is 11.3 Å². The van der Waals surface area contributed by atoms with Gasteiger partial charge in [0.1, 0.15) is 0 Å². The second-order valence-corrected chi connectivity index (χ2v) is 7.13. The first kappa shape index (κ1) is 18.6. The zero-order chi connectivity index (χ0) is 20.1. The van der Waals surface area contributed by atoms with E-state index in [-0.39, 0.29) is 17.1 Å². The van der Waals surface area contributed by atoms with Crippen LogP contribution in [0.2, 0.25) is 5.02 Å². The predicted molar refractivity (Wildman–Crippen MR) is 106 cm³/mol. The highest BCUT2D eigenvalue weighted by atomic mass is 35.5. The summed E-state index contributed by atoms with van der Waals surface area (Å²) in [5.74, 6) is 0. The van der Waals surface area contributed by atoms with E-state index in [0.717, 1.165) is 22.2 Å². The maximum atomic E-state index is 13.0. The molecule has 0 spiro atoms. The molecule has 4 aromatic rings. The highest BCUT2D eigenvalue weighted by molar-refractivity contribution is 6.37. The summed E-state index contributed by atoms with van der Waals surface area (Å²) >= 11 is 6.36. The molecule has 0 aliphatic heterocycles. The minimum absolute atomic E-state index is 0.204. The molecule has 0 saturated heterocycles. The number of nitrogens with zero attached hydrogens (tertiary/aromatic N) is 1. The number of benzene rings is 2. The molecule has 1 N–H and O–H groups in total. The number of fused-ring (bicyclic) bond motifs is 3. The van der Waals surface area contributed by atoms with Gasteiger partial charge in [0.25, 0.3) is 0 Å². The van der Waals surface area contributed by atoms with Crippen LogP contribution in [0.5, 0.6) is 0 Å². The highest BCUT2D eigenvalue weighted by Gasteiger charge is 2.28. The van der Waals surface area contributed by atoms with Crippen LogP contribution < -0.4 is 5.56 Å². The van der Waals surface area contributed by atoms with E-state index in [4.69, 9.17) is 11.6 Å². The summed E-state index contributed by atoms with van der Waals surface area (Å²) in [6.07, 6.45) is -5.20. The van der Waals surface area contributed by atoms with Crippen LogP contribution in [-0.2, 0) is 6.54 Å². The number of aromatic nitrogens is 2. The Morgan fingerprint density at radius 3 is 2.46 bits per heavy atom. The van der Waals surface area contributed by atoms with Crippen LogP contribution in [0, 0.1) is 6.92 Å². The molecule has 3 nitrogen and oxygen atoms in total. The van der Waals surface area contributed by atoms with Gasteiger partial charge in [-0.25, -0.2) is 0 Å². The summed E-state index contributed by atoms with van der Waals surface area (Å²) in [7, 11) is 0. The Kier molecular flexibility index (Phi) is 4.46. The molecular formula is C21H16ClF3N2O. The van der Waals surface area contributed by atoms with Gasteiger partial charge >= 0.3 is 6.18 Å². The van der Waals surface area contributed by atoms with Crippen LogP contribution in [0.25, 0.3) is 33.1 Å². The lowest BCUT2D eigenvalue weighted by molar-refractivity contribution is -0.136. The van der Waals surface area contributed by atoms with Crippen molar-refractivity contribution in [1.29, 1.82) is 0 Å². The van der Waals surface area contributed by atoms with Crippen molar-refractivity contribution in [1.82, 2.24) is 9.55 Å². The van der Waals surface area contributed by atoms with Gasteiger partial charge in [-0.3, -0.25) is 4.79 Å². The largest absolute Gasteiger partial charge is 0.390 e. The molecule has 0 fully saturated rings. The summed E-state index contributed by atoms with van der Waals surface area (Å²) < 4.78 is 40.6. The van der Waals surface area contributed by atoms with Crippen molar-refractivity contribution < 1.29 is 13.2 Å². The average molecular weight is 405 g/mol. The van der Waals surface area contributed by atoms with Crippen molar-refractivity contribution in [3.05, 3.63) is 69.5 Å². The quantitative estimate of drug-likeness (QED) is 0.442. The SMILES string of the molecule is Cc1c(-c2ccccc2)n(CCC(F)(F)F)c2ccc3[nH]c(=O)cc(Cl)c3c12. The summed E-state index contributed by atoms with van der Waals surface area (Å²) in [6.45, 7) is 1.67. The summed E-state index contributed by atoms with van der Waals surface area (Å²) in [5, 5.41) is 1.67. The molecule has 0 radical (unpaired) electrons. The molecule has 0 unspecified atom stereocenters. The number of nitrogens with one attached hydrogen (secondary N) is 1. The minimum atomic E-state index is -4.27. The fourth-order valence-corrected chi connectivity index (χ4v) is 4.08. The number of aromatic amines is 1. The molecular weight excluding hydrogens is 389 g/mol. The Bertz CT molecular complexity index is 1240. The molecule has 0 bridgehead atoms. The number of hydrogen-bond acceptors (Lipinski definition) is 1. The number of pyridine rings is 1. The Balaban J connectivity index is 2.09. The fraction of sp³-hybridized carbons (Fsp3) is 0.190. The number of aryl methyl sites for hydroxylation is 2. The minimum Gasteiger partial charge on any atom is -0.340 e. The van der Waals surface area contributed by atoms with Gasteiger partial charge < -0.3 is 9.55 Å². The lowest BCUT2D eigenvalue weighted by atomic mass is 10.0. The molecule has 2 heterocycles. The second kappa shape index (κ2) is 6.71. The number of halogens is 4. The van der Waals surface area contributed by atoms with Gasteiger partial charge in [0, 0.05) is 28.9 Å². The first-order chi connectivity index (χ1) is 13.3. The smallest absolute Gasteiger partial charge is 0.340 e. The van der Waals surface area contributed by atoms with E-state index < -0.39 is 12.6 Å². The molecule has 28 heavy (non-hydrogen) atoms. The Labute approximate surface area is 163 Å². The van der Waals surface area contributed by atoms with Crippen LogP contribution in [0.1, 0.15) is 12.0 Å². The van der Waals surface area contributed by atoms with Crippen molar-refractivity contribution in [2.24, 2.45) is 0 Å². The van der Waals surface area contributed by atoms with E-state index in [1.54, 1.807) is 16.7 Å². The van der Waals surface area contributed by atoms with Crippen LogP contribution in [0.15, 0.2) is 53.3 Å². The van der Waals surface area contributed by atoms with Crippen LogP contribution in [-0.4, -0.2) is 15.7 Å². The zero-order valence-electron chi connectivity index (χ0n) is 14.9. The normalized spacial score (nSPS) is 12.2. The number of H-pyrrole nitrogens is 1. The molecule has 0 saturated carbocycles. The Morgan fingerprint density at radius 2 is 1.79 bits per heavy atom. The van der Waals surface area contributed by atoms with Gasteiger partial charge in [-0.2, -0.15) is 13.2 Å². The third-order valence-electron chi connectivity index (χ3n) is 4.89. The standard InChI is InChI=1S/C21H16ClF3N2O/c1-12-18-16(8-7-15-19(18)14(22)11-17(28)26-15)27(10-9-21(23,24)25)20(12)13-5-3-2-4-6-13/h2-8,11H,9-10H2,1H3,(H,26,28). The molecule has 0 aliphatic rings. The second-order valence-electron chi connectivity index (χ2n) is 6.72. The Morgan fingerprint density at radius 1 is 1.07 bits per heavy atom. The molecule has 4 rings (SSSR count). The average Bonchev–Trinajstić information content (AvgIpc) is 2.91. The lowest BCUT2D eigenvalue weighted by Crippen LogP contribution is -2.13. The van der Waals surface area contributed by atoms with Crippen LogP contribution >= 0.6 is 11.6 Å². The van der Waals surface area contributed by atoms with Crippen LogP contribution in [0.3, 0.4) is 0 Å². The van der Waals surface area contributed by atoms with Crippen molar-refractivity contribution >= 4 is 33.4 Å². The lowest BCUT2D eigenvalue weighted by Gasteiger charge is -2.13. The summed E-state index contributed by atoms with van der Waals surface area (Å²) in [5.41, 5.74) is 3.25. The maximum absolute atomic E-state index is 13.0. The van der Waals surface area contributed by atoms with E-state index in [1.807, 2.05) is 37.3 Å². The topological polar surface area (TPSA) is 37.8 Å². The molecule has 0 atom stereocenters. The van der Waals surface area contributed by atoms with Crippen LogP contribution in [0.4, 0.5) is 13.2 Å². The van der Waals surface area contributed by atoms with E-state index in [9.17, 15) is 18.0 Å². The van der Waals surface area contributed by atoms with E-state index in [2.05, 4.69) is 4.98 Å². The third-order valence-corrected chi connectivity index (χ3v) is 5.19. The first-order valence-electron chi connectivity index (χ1n) is 8.73. The fourth-order valence-electron chi connectivity index (χ4n) is 3.79. The summed E-state index contributed by atoms with van der Waals surface area (Å²) in [4.78, 5) is 14.5. The molecule has 144 valence electrons. The molecule has 0 amide bonds. The molecule has 0 aliphatic carbocycles. The van der Waals surface area contributed by atoms with E-state index in [0.29, 0.717) is 16.4 Å². The van der Waals surface area contributed by atoms with Gasteiger partial charge in [0.2, 0.25) is 5.56 Å². The van der Waals surface area contributed by atoms with Gasteiger partial charge in [-0.1, -0.05) is 41.9 Å². The maximum Gasteiger partial charge on any atom is 0.390 e. The summed E-state index contributed by atoms with van der Waals surface area (Å²) in [6, 6.07) is 14.0. The number of hydrogen-bond donors (Lipinski definition) is 1. The van der Waals surface area contributed by atoms with Crippen molar-refractivity contribution in [2.75, 3.05) is 0 Å². The molecule has 7 heteroatoms. The van der Waals surface area contributed by atoms with Crippen molar-refractivity contribution in [3.63, 3.8) is 0 Å². The monoisotopic (exact) mass is 404 g/mol. The van der Waals surface area contributed by atoms with E-state index in [1.165, 1.54) is 6.07 Å². The zero-order valence-corrected chi connectivity index (χ0v) is 15.7.